The lowest BCUT2D eigenvalue weighted by Crippen LogP contribution is -2.44. The maximum atomic E-state index is 12.3. The molecular weight excluding hydrogens is 318 g/mol. The molecule has 1 aliphatic heterocycles. The van der Waals surface area contributed by atoms with Crippen LogP contribution >= 0.6 is 0 Å². The number of amides is 2. The SMILES string of the molecule is Cc1cccc(NC(=O)NC[C@H](c2ccc(C)o2)N2CCOCC2)c1. The zero-order valence-corrected chi connectivity index (χ0v) is 14.7. The highest BCUT2D eigenvalue weighted by Crippen LogP contribution is 2.23. The average molecular weight is 343 g/mol. The molecule has 1 aromatic carbocycles. The molecule has 0 aliphatic carbocycles. The normalized spacial score (nSPS) is 16.4. The van der Waals surface area contributed by atoms with E-state index in [0.717, 1.165) is 35.9 Å². The summed E-state index contributed by atoms with van der Waals surface area (Å²) in [6.45, 7) is 7.45. The first-order valence-electron chi connectivity index (χ1n) is 8.61. The Morgan fingerprint density at radius 2 is 2.00 bits per heavy atom. The van der Waals surface area contributed by atoms with Crippen molar-refractivity contribution >= 4 is 11.7 Å². The Kier molecular flexibility index (Phi) is 5.73. The summed E-state index contributed by atoms with van der Waals surface area (Å²) < 4.78 is 11.2. The first-order valence-corrected chi connectivity index (χ1v) is 8.61. The van der Waals surface area contributed by atoms with E-state index in [1.54, 1.807) is 0 Å². The summed E-state index contributed by atoms with van der Waals surface area (Å²) in [5, 5.41) is 5.84. The van der Waals surface area contributed by atoms with E-state index in [4.69, 9.17) is 9.15 Å². The van der Waals surface area contributed by atoms with Crippen molar-refractivity contribution in [3.8, 4) is 0 Å². The molecule has 134 valence electrons. The van der Waals surface area contributed by atoms with Gasteiger partial charge in [-0.1, -0.05) is 12.1 Å². The lowest BCUT2D eigenvalue weighted by Gasteiger charge is -2.33. The molecule has 0 spiro atoms. The first kappa shape index (κ1) is 17.5. The summed E-state index contributed by atoms with van der Waals surface area (Å²) >= 11 is 0. The predicted octanol–water partition coefficient (Wildman–Crippen LogP) is 3.09. The molecule has 2 heterocycles. The molecule has 6 heteroatoms. The van der Waals surface area contributed by atoms with Crippen molar-refractivity contribution in [2.24, 2.45) is 0 Å². The summed E-state index contributed by atoms with van der Waals surface area (Å²) in [5.41, 5.74) is 1.89. The fourth-order valence-corrected chi connectivity index (χ4v) is 3.02. The lowest BCUT2D eigenvalue weighted by molar-refractivity contribution is 0.0122. The highest BCUT2D eigenvalue weighted by molar-refractivity contribution is 5.89. The lowest BCUT2D eigenvalue weighted by atomic mass is 10.1. The van der Waals surface area contributed by atoms with E-state index in [2.05, 4.69) is 15.5 Å². The third-order valence-electron chi connectivity index (χ3n) is 4.31. The van der Waals surface area contributed by atoms with Crippen molar-refractivity contribution < 1.29 is 13.9 Å². The number of hydrogen-bond donors (Lipinski definition) is 2. The number of carbonyl (C=O) groups is 1. The Balaban J connectivity index is 1.62. The van der Waals surface area contributed by atoms with Crippen LogP contribution in [0, 0.1) is 13.8 Å². The zero-order valence-electron chi connectivity index (χ0n) is 14.7. The number of aryl methyl sites for hydroxylation is 2. The van der Waals surface area contributed by atoms with Crippen molar-refractivity contribution in [3.63, 3.8) is 0 Å². The van der Waals surface area contributed by atoms with Crippen LogP contribution in [0.1, 0.15) is 23.1 Å². The minimum atomic E-state index is -0.216. The van der Waals surface area contributed by atoms with Crippen LogP contribution in [-0.2, 0) is 4.74 Å². The molecule has 1 aromatic heterocycles. The molecule has 0 bridgehead atoms. The molecule has 1 atom stereocenters. The van der Waals surface area contributed by atoms with Crippen LogP contribution in [0.5, 0.6) is 0 Å². The molecule has 6 nitrogen and oxygen atoms in total. The van der Waals surface area contributed by atoms with Gasteiger partial charge in [-0.05, 0) is 43.7 Å². The first-order chi connectivity index (χ1) is 12.1. The van der Waals surface area contributed by atoms with E-state index in [-0.39, 0.29) is 12.1 Å². The van der Waals surface area contributed by atoms with Gasteiger partial charge >= 0.3 is 6.03 Å². The van der Waals surface area contributed by atoms with Crippen LogP contribution in [0.2, 0.25) is 0 Å². The van der Waals surface area contributed by atoms with Gasteiger partial charge in [-0.3, -0.25) is 4.90 Å². The van der Waals surface area contributed by atoms with Gasteiger partial charge in [0.1, 0.15) is 11.5 Å². The minimum Gasteiger partial charge on any atom is -0.465 e. The summed E-state index contributed by atoms with van der Waals surface area (Å²) in [7, 11) is 0. The van der Waals surface area contributed by atoms with Gasteiger partial charge in [-0.15, -0.1) is 0 Å². The fourth-order valence-electron chi connectivity index (χ4n) is 3.02. The number of rotatable bonds is 5. The van der Waals surface area contributed by atoms with Gasteiger partial charge < -0.3 is 19.8 Å². The number of benzene rings is 1. The Bertz CT molecular complexity index is 707. The van der Waals surface area contributed by atoms with Gasteiger partial charge in [0, 0.05) is 25.3 Å². The van der Waals surface area contributed by atoms with Gasteiger partial charge in [0.2, 0.25) is 0 Å². The van der Waals surface area contributed by atoms with Crippen molar-refractivity contribution in [2.75, 3.05) is 38.2 Å². The number of nitrogens with zero attached hydrogens (tertiary/aromatic N) is 1. The number of nitrogens with one attached hydrogen (secondary N) is 2. The minimum absolute atomic E-state index is 0.000796. The fraction of sp³-hybridized carbons (Fsp3) is 0.421. The highest BCUT2D eigenvalue weighted by atomic mass is 16.5. The second-order valence-corrected chi connectivity index (χ2v) is 6.32. The number of urea groups is 1. The molecule has 2 aromatic rings. The Morgan fingerprint density at radius 3 is 2.68 bits per heavy atom. The molecule has 1 aliphatic rings. The standard InChI is InChI=1S/C19H25N3O3/c1-14-4-3-5-16(12-14)21-19(23)20-13-17(18-7-6-15(2)25-18)22-8-10-24-11-9-22/h3-7,12,17H,8-11,13H2,1-2H3,(H2,20,21,23)/t17-/m1/s1. The average Bonchev–Trinajstić information content (AvgIpc) is 3.02. The number of anilines is 1. The summed E-state index contributed by atoms with van der Waals surface area (Å²) in [6, 6.07) is 11.5. The predicted molar refractivity (Wildman–Crippen MR) is 96.8 cm³/mol. The Hall–Kier alpha value is -2.31. The van der Waals surface area contributed by atoms with Crippen LogP contribution in [-0.4, -0.2) is 43.8 Å². The second-order valence-electron chi connectivity index (χ2n) is 6.32. The van der Waals surface area contributed by atoms with Crippen molar-refractivity contribution in [1.29, 1.82) is 0 Å². The van der Waals surface area contributed by atoms with E-state index in [0.29, 0.717) is 19.8 Å². The van der Waals surface area contributed by atoms with Crippen molar-refractivity contribution in [1.82, 2.24) is 10.2 Å². The number of ether oxygens (including phenoxy) is 1. The van der Waals surface area contributed by atoms with Crippen molar-refractivity contribution in [3.05, 3.63) is 53.5 Å². The third-order valence-corrected chi connectivity index (χ3v) is 4.31. The van der Waals surface area contributed by atoms with E-state index < -0.39 is 0 Å². The molecule has 0 unspecified atom stereocenters. The highest BCUT2D eigenvalue weighted by Gasteiger charge is 2.25. The van der Waals surface area contributed by atoms with Gasteiger partial charge in [-0.2, -0.15) is 0 Å². The molecule has 0 saturated carbocycles. The van der Waals surface area contributed by atoms with Crippen LogP contribution in [0.4, 0.5) is 10.5 Å². The summed E-state index contributed by atoms with van der Waals surface area (Å²) in [5.74, 6) is 1.74. The number of morpholine rings is 1. The number of carbonyl (C=O) groups excluding carboxylic acids is 1. The van der Waals surface area contributed by atoms with Gasteiger partial charge in [0.15, 0.2) is 0 Å². The molecule has 2 N–H and O–H groups in total. The maximum absolute atomic E-state index is 12.3. The van der Waals surface area contributed by atoms with E-state index in [9.17, 15) is 4.79 Å². The molecule has 1 fully saturated rings. The summed E-state index contributed by atoms with van der Waals surface area (Å²) in [6.07, 6.45) is 0. The van der Waals surface area contributed by atoms with Crippen LogP contribution in [0.15, 0.2) is 40.8 Å². The Morgan fingerprint density at radius 1 is 1.20 bits per heavy atom. The smallest absolute Gasteiger partial charge is 0.319 e. The third kappa shape index (κ3) is 4.84. The molecule has 25 heavy (non-hydrogen) atoms. The van der Waals surface area contributed by atoms with Crippen LogP contribution in [0.3, 0.4) is 0 Å². The topological polar surface area (TPSA) is 66.7 Å². The van der Waals surface area contributed by atoms with E-state index >= 15 is 0 Å². The number of furan rings is 1. The summed E-state index contributed by atoms with van der Waals surface area (Å²) in [4.78, 5) is 14.5. The molecule has 3 rings (SSSR count). The van der Waals surface area contributed by atoms with Gasteiger partial charge in [-0.25, -0.2) is 4.79 Å². The molecule has 1 saturated heterocycles. The quantitative estimate of drug-likeness (QED) is 0.875. The second kappa shape index (κ2) is 8.18. The monoisotopic (exact) mass is 343 g/mol. The van der Waals surface area contributed by atoms with E-state index in [1.807, 2.05) is 50.2 Å². The zero-order chi connectivity index (χ0) is 17.6. The van der Waals surface area contributed by atoms with Crippen molar-refractivity contribution in [2.45, 2.75) is 19.9 Å². The van der Waals surface area contributed by atoms with Crippen LogP contribution < -0.4 is 10.6 Å². The largest absolute Gasteiger partial charge is 0.465 e. The van der Waals surface area contributed by atoms with E-state index in [1.165, 1.54) is 0 Å². The van der Waals surface area contributed by atoms with Gasteiger partial charge in [0.05, 0.1) is 19.3 Å². The Labute approximate surface area is 148 Å². The molecular formula is C19H25N3O3. The van der Waals surface area contributed by atoms with Crippen LogP contribution in [0.25, 0.3) is 0 Å². The molecule has 0 radical (unpaired) electrons. The van der Waals surface area contributed by atoms with Gasteiger partial charge in [0.25, 0.3) is 0 Å². The number of hydrogen-bond acceptors (Lipinski definition) is 4. The molecule has 2 amide bonds. The maximum Gasteiger partial charge on any atom is 0.319 e.